The molecule has 3 nitrogen and oxygen atoms in total. The Morgan fingerprint density at radius 2 is 1.80 bits per heavy atom. The molecule has 0 aromatic heterocycles. The van der Waals surface area contributed by atoms with Crippen molar-refractivity contribution in [1.29, 1.82) is 0 Å². The number of hydrogen-bond donors (Lipinski definition) is 1. The molecule has 0 aliphatic rings. The number of carbonyl (C=O) groups is 1. The third kappa shape index (κ3) is 6.61. The summed E-state index contributed by atoms with van der Waals surface area (Å²) in [5, 5.41) is 8.96. The van der Waals surface area contributed by atoms with Gasteiger partial charge in [0.15, 0.2) is 0 Å². The van der Waals surface area contributed by atoms with Crippen molar-refractivity contribution in [3.05, 3.63) is 29.8 Å². The van der Waals surface area contributed by atoms with E-state index in [1.807, 2.05) is 6.92 Å². The maximum atomic E-state index is 11.2. The quantitative estimate of drug-likeness (QED) is 0.610. The average Bonchev–Trinajstić information content (AvgIpc) is 2.15. The molecule has 74 valence electrons. The summed E-state index contributed by atoms with van der Waals surface area (Å²) in [6, 6.07) is 5.99. The Morgan fingerprint density at radius 1 is 1.27 bits per heavy atom. The van der Waals surface area contributed by atoms with Crippen LogP contribution in [0.1, 0.15) is 23.7 Å². The summed E-state index contributed by atoms with van der Waals surface area (Å²) >= 11 is 0. The van der Waals surface area contributed by atoms with E-state index in [4.69, 9.17) is 9.84 Å². The second-order valence-electron chi connectivity index (χ2n) is 2.68. The Hall–Kier alpha value is 0.490. The minimum absolute atomic E-state index is 0. The number of hydrogen-bond acceptors (Lipinski definition) is 3. The molecular formula is C10H14Na2O3. The Balaban J connectivity index is 0. The van der Waals surface area contributed by atoms with Crippen LogP contribution in [0.5, 0.6) is 5.75 Å². The minimum atomic E-state index is -0.346. The van der Waals surface area contributed by atoms with Crippen LogP contribution in [0.3, 0.4) is 0 Å². The zero-order chi connectivity index (χ0) is 9.68. The molecule has 0 amide bonds. The first-order chi connectivity index (χ1) is 6.24. The number of carbonyl (C=O) groups excluding carboxylic acids is 1. The molecule has 1 rings (SSSR count). The molecular weight excluding hydrogens is 214 g/mol. The van der Waals surface area contributed by atoms with Gasteiger partial charge in [0.05, 0.1) is 12.2 Å². The van der Waals surface area contributed by atoms with Crippen LogP contribution in [0.25, 0.3) is 0 Å². The molecule has 0 heterocycles. The van der Waals surface area contributed by atoms with Gasteiger partial charge in [-0.1, -0.05) is 6.92 Å². The van der Waals surface area contributed by atoms with Crippen LogP contribution in [0.15, 0.2) is 24.3 Å². The summed E-state index contributed by atoms with van der Waals surface area (Å²) in [7, 11) is 0. The second kappa shape index (κ2) is 9.70. The summed E-state index contributed by atoms with van der Waals surface area (Å²) in [5.41, 5.74) is 0.464. The van der Waals surface area contributed by atoms with Crippen LogP contribution in [0.4, 0.5) is 0 Å². The van der Waals surface area contributed by atoms with Gasteiger partial charge in [0, 0.05) is 0 Å². The van der Waals surface area contributed by atoms with Gasteiger partial charge in [-0.2, -0.15) is 0 Å². The number of esters is 1. The van der Waals surface area contributed by atoms with Crippen LogP contribution in [0, 0.1) is 0 Å². The fourth-order valence-electron chi connectivity index (χ4n) is 0.876. The molecule has 0 spiro atoms. The van der Waals surface area contributed by atoms with Gasteiger partial charge in [0.25, 0.3) is 0 Å². The number of aromatic hydroxyl groups is 1. The number of phenols is 1. The van der Waals surface area contributed by atoms with Crippen molar-refractivity contribution in [2.45, 2.75) is 13.3 Å². The van der Waals surface area contributed by atoms with Crippen molar-refractivity contribution >= 4 is 65.1 Å². The molecule has 0 aliphatic carbocycles. The normalized spacial score (nSPS) is 8.33. The van der Waals surface area contributed by atoms with Crippen LogP contribution in [-0.4, -0.2) is 76.8 Å². The van der Waals surface area contributed by atoms with Gasteiger partial charge in [0.2, 0.25) is 0 Å². The first kappa shape index (κ1) is 17.9. The second-order valence-corrected chi connectivity index (χ2v) is 2.68. The monoisotopic (exact) mass is 228 g/mol. The molecule has 1 aromatic rings. The summed E-state index contributed by atoms with van der Waals surface area (Å²) in [4.78, 5) is 11.2. The third-order valence-corrected chi connectivity index (χ3v) is 1.54. The first-order valence-corrected chi connectivity index (χ1v) is 4.20. The van der Waals surface area contributed by atoms with E-state index in [-0.39, 0.29) is 70.8 Å². The zero-order valence-corrected chi connectivity index (χ0v) is 7.49. The topological polar surface area (TPSA) is 46.5 Å². The van der Waals surface area contributed by atoms with Gasteiger partial charge in [-0.3, -0.25) is 0 Å². The van der Waals surface area contributed by atoms with Crippen molar-refractivity contribution < 1.29 is 14.6 Å². The molecule has 0 radical (unpaired) electrons. The number of benzene rings is 1. The van der Waals surface area contributed by atoms with Gasteiger partial charge in [-0.25, -0.2) is 4.79 Å². The molecule has 0 fully saturated rings. The van der Waals surface area contributed by atoms with Gasteiger partial charge in [0.1, 0.15) is 5.75 Å². The Kier molecular flexibility index (Phi) is 11.6. The van der Waals surface area contributed by atoms with E-state index < -0.39 is 0 Å². The number of rotatable bonds is 3. The SMILES string of the molecule is CCCOC(=O)c1ccc(O)cc1.[NaH].[NaH]. The standard InChI is InChI=1S/C10H12O3.2Na.2H/c1-2-7-13-10(12)8-3-5-9(11)6-4-8;;;;/h3-6,11H,2,7H2,1H3;;;;. The molecule has 0 bridgehead atoms. The van der Waals surface area contributed by atoms with E-state index >= 15 is 0 Å². The Bertz CT molecular complexity index is 285. The Morgan fingerprint density at radius 3 is 2.27 bits per heavy atom. The van der Waals surface area contributed by atoms with Crippen molar-refractivity contribution in [2.75, 3.05) is 6.61 Å². The molecule has 5 heteroatoms. The first-order valence-electron chi connectivity index (χ1n) is 4.20. The van der Waals surface area contributed by atoms with Gasteiger partial charge in [-0.15, -0.1) is 0 Å². The van der Waals surface area contributed by atoms with Crippen LogP contribution >= 0.6 is 0 Å². The van der Waals surface area contributed by atoms with E-state index in [1.54, 1.807) is 0 Å². The van der Waals surface area contributed by atoms with Crippen LogP contribution < -0.4 is 0 Å². The zero-order valence-electron chi connectivity index (χ0n) is 7.49. The predicted molar refractivity (Wildman–Crippen MR) is 63.0 cm³/mol. The van der Waals surface area contributed by atoms with Crippen molar-refractivity contribution in [3.8, 4) is 5.75 Å². The molecule has 0 aliphatic heterocycles. The van der Waals surface area contributed by atoms with Gasteiger partial charge in [-0.05, 0) is 30.7 Å². The van der Waals surface area contributed by atoms with E-state index in [0.717, 1.165) is 6.42 Å². The average molecular weight is 228 g/mol. The molecule has 0 saturated carbocycles. The van der Waals surface area contributed by atoms with E-state index in [2.05, 4.69) is 0 Å². The van der Waals surface area contributed by atoms with E-state index in [0.29, 0.717) is 12.2 Å². The molecule has 15 heavy (non-hydrogen) atoms. The molecule has 0 saturated heterocycles. The summed E-state index contributed by atoms with van der Waals surface area (Å²) in [5.74, 6) is -0.200. The fraction of sp³-hybridized carbons (Fsp3) is 0.300. The maximum absolute atomic E-state index is 11.2. The molecule has 1 N–H and O–H groups in total. The molecule has 0 atom stereocenters. The fourth-order valence-corrected chi connectivity index (χ4v) is 0.876. The third-order valence-electron chi connectivity index (χ3n) is 1.54. The number of phenolic OH excluding ortho intramolecular Hbond substituents is 1. The summed E-state index contributed by atoms with van der Waals surface area (Å²) in [6.45, 7) is 2.36. The predicted octanol–water partition coefficient (Wildman–Crippen LogP) is 0.662. The van der Waals surface area contributed by atoms with Crippen LogP contribution in [-0.2, 0) is 4.74 Å². The van der Waals surface area contributed by atoms with Gasteiger partial charge >= 0.3 is 65.1 Å². The summed E-state index contributed by atoms with van der Waals surface area (Å²) < 4.78 is 4.90. The van der Waals surface area contributed by atoms with Crippen molar-refractivity contribution in [3.63, 3.8) is 0 Å². The van der Waals surface area contributed by atoms with E-state index in [1.165, 1.54) is 24.3 Å². The number of ether oxygens (including phenoxy) is 1. The molecule has 0 unspecified atom stereocenters. The van der Waals surface area contributed by atoms with Gasteiger partial charge < -0.3 is 9.84 Å². The van der Waals surface area contributed by atoms with Crippen molar-refractivity contribution in [1.82, 2.24) is 0 Å². The molecule has 1 aromatic carbocycles. The Labute approximate surface area is 134 Å². The van der Waals surface area contributed by atoms with Crippen LogP contribution in [0.2, 0.25) is 0 Å². The van der Waals surface area contributed by atoms with Crippen molar-refractivity contribution in [2.24, 2.45) is 0 Å². The summed E-state index contributed by atoms with van der Waals surface area (Å²) in [6.07, 6.45) is 0.809. The van der Waals surface area contributed by atoms with E-state index in [9.17, 15) is 4.79 Å².